The van der Waals surface area contributed by atoms with E-state index in [2.05, 4.69) is 25.3 Å². The molecular weight excluding hydrogens is 264 g/mol. The van der Waals surface area contributed by atoms with Gasteiger partial charge >= 0.3 is 0 Å². The van der Waals surface area contributed by atoms with Crippen LogP contribution >= 0.6 is 0 Å². The van der Waals surface area contributed by atoms with Gasteiger partial charge in [0.1, 0.15) is 0 Å². The van der Waals surface area contributed by atoms with Gasteiger partial charge in [0.15, 0.2) is 0 Å². The summed E-state index contributed by atoms with van der Waals surface area (Å²) in [6.45, 7) is 8.79. The SMILES string of the molecule is C=CC12CC3C4CC5C6CC7CC(C6(C=C)C4)C3(C1)C5(C7)C2. The topological polar surface area (TPSA) is 0 Å². The molecule has 10 saturated carbocycles. The molecule has 0 aliphatic heterocycles. The van der Waals surface area contributed by atoms with E-state index in [1.54, 1.807) is 25.7 Å². The Morgan fingerprint density at radius 1 is 0.818 bits per heavy atom. The quantitative estimate of drug-likeness (QED) is 0.612. The van der Waals surface area contributed by atoms with Crippen LogP contribution in [0, 0.1) is 57.2 Å². The first kappa shape index (κ1) is 11.9. The van der Waals surface area contributed by atoms with Crippen molar-refractivity contribution in [2.45, 2.75) is 51.4 Å². The van der Waals surface area contributed by atoms with E-state index in [9.17, 15) is 0 Å². The third kappa shape index (κ3) is 0.795. The lowest BCUT2D eigenvalue weighted by Gasteiger charge is -2.83. The summed E-state index contributed by atoms with van der Waals surface area (Å²) < 4.78 is 0. The van der Waals surface area contributed by atoms with E-state index in [-0.39, 0.29) is 0 Å². The van der Waals surface area contributed by atoms with Gasteiger partial charge in [-0.05, 0) is 109 Å². The average molecular weight is 292 g/mol. The Morgan fingerprint density at radius 2 is 1.73 bits per heavy atom. The highest BCUT2D eigenvalue weighted by molar-refractivity contribution is 5.39. The van der Waals surface area contributed by atoms with E-state index in [1.807, 2.05) is 0 Å². The summed E-state index contributed by atoms with van der Waals surface area (Å²) in [5.41, 5.74) is 2.59. The predicted molar refractivity (Wildman–Crippen MR) is 88.0 cm³/mol. The molecule has 2 spiro atoms. The minimum Gasteiger partial charge on any atom is -0.103 e. The zero-order valence-electron chi connectivity index (χ0n) is 13.7. The third-order valence-electron chi connectivity index (χ3n) is 11.0. The molecule has 10 aliphatic carbocycles. The first-order valence-electron chi connectivity index (χ1n) is 9.90. The second-order valence-electron chi connectivity index (χ2n) is 10.8. The van der Waals surface area contributed by atoms with Gasteiger partial charge in [0.05, 0.1) is 0 Å². The summed E-state index contributed by atoms with van der Waals surface area (Å²) in [6.07, 6.45) is 17.4. The Bertz CT molecular complexity index is 646. The Morgan fingerprint density at radius 3 is 2.55 bits per heavy atom. The third-order valence-corrected chi connectivity index (χ3v) is 11.0. The van der Waals surface area contributed by atoms with Crippen LogP contribution in [0.5, 0.6) is 0 Å². The highest BCUT2D eigenvalue weighted by atomic mass is 14.9. The smallest absolute Gasteiger partial charge is 0.00530 e. The Labute approximate surface area is 134 Å². The zero-order chi connectivity index (χ0) is 14.5. The van der Waals surface area contributed by atoms with Crippen molar-refractivity contribution in [2.75, 3.05) is 0 Å². The summed E-state index contributed by atoms with van der Waals surface area (Å²) >= 11 is 0. The van der Waals surface area contributed by atoms with Crippen molar-refractivity contribution in [3.8, 4) is 0 Å². The van der Waals surface area contributed by atoms with Crippen molar-refractivity contribution in [1.29, 1.82) is 0 Å². The van der Waals surface area contributed by atoms with Crippen LogP contribution < -0.4 is 0 Å². The van der Waals surface area contributed by atoms with E-state index >= 15 is 0 Å². The molecule has 0 N–H and O–H groups in total. The van der Waals surface area contributed by atoms with Crippen molar-refractivity contribution >= 4 is 0 Å². The molecule has 10 fully saturated rings. The van der Waals surface area contributed by atoms with Gasteiger partial charge < -0.3 is 0 Å². The molecule has 0 nitrogen and oxygen atoms in total. The Hall–Kier alpha value is -0.520. The maximum atomic E-state index is 4.44. The van der Waals surface area contributed by atoms with Crippen LogP contribution in [0.25, 0.3) is 0 Å². The van der Waals surface area contributed by atoms with E-state index < -0.39 is 0 Å². The molecule has 0 heterocycles. The summed E-state index contributed by atoms with van der Waals surface area (Å²) in [6, 6.07) is 0. The summed E-state index contributed by atoms with van der Waals surface area (Å²) in [7, 11) is 0. The van der Waals surface area contributed by atoms with Crippen LogP contribution in [-0.2, 0) is 0 Å². The van der Waals surface area contributed by atoms with E-state index in [4.69, 9.17) is 0 Å². The molecule has 10 rings (SSSR count). The van der Waals surface area contributed by atoms with Crippen LogP contribution in [-0.4, -0.2) is 0 Å². The molecule has 0 heteroatoms. The van der Waals surface area contributed by atoms with Gasteiger partial charge in [0.2, 0.25) is 0 Å². The van der Waals surface area contributed by atoms with Gasteiger partial charge in [0, 0.05) is 0 Å². The highest BCUT2D eigenvalue weighted by Gasteiger charge is 2.87. The standard InChI is InChI=1S/C22H28/c1-3-19-10-17-14-7-16-15-5-13-6-18(20(15,4-2)9-14)22(17,12-19)21(16,8-13)11-19/h3-4,13-18H,1-2,5-12H2. The highest BCUT2D eigenvalue weighted by Crippen LogP contribution is 2.94. The number of rotatable bonds is 2. The molecule has 10 unspecified atom stereocenters. The largest absolute Gasteiger partial charge is 0.103 e. The lowest BCUT2D eigenvalue weighted by Crippen LogP contribution is -2.77. The van der Waals surface area contributed by atoms with Crippen molar-refractivity contribution in [3.05, 3.63) is 25.3 Å². The monoisotopic (exact) mass is 292 g/mol. The van der Waals surface area contributed by atoms with Gasteiger partial charge in [-0.25, -0.2) is 0 Å². The van der Waals surface area contributed by atoms with Crippen molar-refractivity contribution in [3.63, 3.8) is 0 Å². The number of hydrogen-bond donors (Lipinski definition) is 0. The van der Waals surface area contributed by atoms with Gasteiger partial charge in [-0.1, -0.05) is 12.2 Å². The summed E-state index contributed by atoms with van der Waals surface area (Å²) in [5.74, 6) is 6.27. The van der Waals surface area contributed by atoms with Crippen LogP contribution in [0.4, 0.5) is 0 Å². The molecule has 0 radical (unpaired) electrons. The molecule has 0 amide bonds. The van der Waals surface area contributed by atoms with E-state index in [1.165, 1.54) is 25.7 Å². The number of hydrogen-bond acceptors (Lipinski definition) is 0. The summed E-state index contributed by atoms with van der Waals surface area (Å²) in [4.78, 5) is 0. The normalized spacial score (nSPS) is 74.0. The molecule has 10 aliphatic rings. The lowest BCUT2D eigenvalue weighted by atomic mass is 9.21. The second kappa shape index (κ2) is 2.93. The lowest BCUT2D eigenvalue weighted by molar-refractivity contribution is -0.345. The molecule has 0 aromatic heterocycles. The van der Waals surface area contributed by atoms with Crippen molar-refractivity contribution in [1.82, 2.24) is 0 Å². The molecule has 10 bridgehead atoms. The molecule has 116 valence electrons. The van der Waals surface area contributed by atoms with Gasteiger partial charge in [-0.15, -0.1) is 13.2 Å². The predicted octanol–water partition coefficient (Wildman–Crippen LogP) is 5.22. The van der Waals surface area contributed by atoms with Gasteiger partial charge in [-0.2, -0.15) is 0 Å². The second-order valence-corrected chi connectivity index (χ2v) is 10.8. The molecular formula is C22H28. The maximum absolute atomic E-state index is 4.44. The molecule has 0 aromatic rings. The van der Waals surface area contributed by atoms with E-state index in [0.717, 1.165) is 46.3 Å². The van der Waals surface area contributed by atoms with Crippen LogP contribution in [0.2, 0.25) is 0 Å². The molecule has 22 heavy (non-hydrogen) atoms. The van der Waals surface area contributed by atoms with Crippen LogP contribution in [0.3, 0.4) is 0 Å². The fourth-order valence-corrected chi connectivity index (χ4v) is 11.3. The molecule has 10 atom stereocenters. The van der Waals surface area contributed by atoms with Gasteiger partial charge in [-0.3, -0.25) is 0 Å². The van der Waals surface area contributed by atoms with Gasteiger partial charge in [0.25, 0.3) is 0 Å². The zero-order valence-corrected chi connectivity index (χ0v) is 13.7. The minimum atomic E-state index is 0.540. The molecule has 0 saturated heterocycles. The first-order chi connectivity index (χ1) is 10.6. The van der Waals surface area contributed by atoms with Crippen LogP contribution in [0.1, 0.15) is 51.4 Å². The maximum Gasteiger partial charge on any atom is -0.00530 e. The summed E-state index contributed by atoms with van der Waals surface area (Å²) in [5, 5.41) is 0. The van der Waals surface area contributed by atoms with E-state index in [0.29, 0.717) is 10.8 Å². The van der Waals surface area contributed by atoms with Crippen LogP contribution in [0.15, 0.2) is 25.3 Å². The fraction of sp³-hybridized carbons (Fsp3) is 0.818. The Balaban J connectivity index is 1.59. The number of allylic oxidation sites excluding steroid dienone is 2. The average Bonchev–Trinajstić information content (AvgIpc) is 3.04. The molecule has 0 aromatic carbocycles. The Kier molecular flexibility index (Phi) is 1.59. The first-order valence-corrected chi connectivity index (χ1v) is 9.90. The van der Waals surface area contributed by atoms with Crippen molar-refractivity contribution in [2.24, 2.45) is 57.2 Å². The minimum absolute atomic E-state index is 0.540. The fourth-order valence-electron chi connectivity index (χ4n) is 11.3. The van der Waals surface area contributed by atoms with Crippen molar-refractivity contribution < 1.29 is 0 Å².